The van der Waals surface area contributed by atoms with Crippen molar-refractivity contribution in [3.8, 4) is 0 Å². The van der Waals surface area contributed by atoms with Crippen molar-refractivity contribution in [3.63, 3.8) is 0 Å². The van der Waals surface area contributed by atoms with E-state index < -0.39 is 0 Å². The average Bonchev–Trinajstić information content (AvgIpc) is 2.62. The van der Waals surface area contributed by atoms with Crippen molar-refractivity contribution in [2.75, 3.05) is 18.9 Å². The molecule has 0 aliphatic rings. The van der Waals surface area contributed by atoms with Gasteiger partial charge in [0.15, 0.2) is 0 Å². The Morgan fingerprint density at radius 2 is 2.06 bits per heavy atom. The second kappa shape index (κ2) is 5.34. The summed E-state index contributed by atoms with van der Waals surface area (Å²) < 4.78 is 7.32. The van der Waals surface area contributed by atoms with Crippen LogP contribution >= 0.6 is 23.2 Å². The van der Waals surface area contributed by atoms with Crippen LogP contribution in [0.5, 0.6) is 0 Å². The predicted molar refractivity (Wildman–Crippen MR) is 75.4 cm³/mol. The zero-order valence-electron chi connectivity index (χ0n) is 10.3. The molecule has 2 aromatic rings. The van der Waals surface area contributed by atoms with Crippen LogP contribution in [0.25, 0.3) is 11.0 Å². The van der Waals surface area contributed by atoms with Crippen molar-refractivity contribution in [2.45, 2.75) is 19.9 Å². The Kier molecular flexibility index (Phi) is 4.00. The molecule has 1 unspecified atom stereocenters. The van der Waals surface area contributed by atoms with E-state index >= 15 is 0 Å². The second-order valence-corrected chi connectivity index (χ2v) is 4.92. The van der Waals surface area contributed by atoms with Gasteiger partial charge in [0.1, 0.15) is 0 Å². The number of rotatable bonds is 4. The quantitative estimate of drug-likeness (QED) is 0.936. The molecule has 98 valence electrons. The minimum Gasteiger partial charge on any atom is -0.380 e. The maximum Gasteiger partial charge on any atom is 0.201 e. The predicted octanol–water partition coefficient (Wildman–Crippen LogP) is 3.52. The first-order valence-electron chi connectivity index (χ1n) is 5.74. The van der Waals surface area contributed by atoms with E-state index in [0.29, 0.717) is 29.2 Å². The van der Waals surface area contributed by atoms with Gasteiger partial charge >= 0.3 is 0 Å². The van der Waals surface area contributed by atoms with Crippen LogP contribution in [-0.4, -0.2) is 22.8 Å². The summed E-state index contributed by atoms with van der Waals surface area (Å²) in [6.45, 7) is 5.23. The van der Waals surface area contributed by atoms with Gasteiger partial charge in [0, 0.05) is 6.61 Å². The molecule has 1 aromatic carbocycles. The van der Waals surface area contributed by atoms with E-state index in [1.807, 2.05) is 18.4 Å². The molecule has 0 saturated carbocycles. The van der Waals surface area contributed by atoms with Crippen LogP contribution in [0.3, 0.4) is 0 Å². The minimum atomic E-state index is 0.0900. The highest BCUT2D eigenvalue weighted by molar-refractivity contribution is 6.42. The Morgan fingerprint density at radius 1 is 1.39 bits per heavy atom. The monoisotopic (exact) mass is 287 g/mol. The smallest absolute Gasteiger partial charge is 0.201 e. The molecule has 0 radical (unpaired) electrons. The molecule has 0 saturated heterocycles. The molecular formula is C12H15Cl2N3O. The summed E-state index contributed by atoms with van der Waals surface area (Å²) in [5.74, 6) is 0.440. The topological polar surface area (TPSA) is 53.1 Å². The van der Waals surface area contributed by atoms with Crippen LogP contribution in [0.15, 0.2) is 12.1 Å². The third-order valence-corrected chi connectivity index (χ3v) is 3.48. The summed E-state index contributed by atoms with van der Waals surface area (Å²) in [5.41, 5.74) is 7.55. The number of fused-ring (bicyclic) bond motifs is 1. The first-order valence-corrected chi connectivity index (χ1v) is 6.50. The number of imidazole rings is 1. The lowest BCUT2D eigenvalue weighted by Crippen LogP contribution is -2.14. The summed E-state index contributed by atoms with van der Waals surface area (Å²) in [6, 6.07) is 3.59. The number of ether oxygens (including phenoxy) is 1. The van der Waals surface area contributed by atoms with Gasteiger partial charge in [-0.25, -0.2) is 4.98 Å². The van der Waals surface area contributed by atoms with Crippen molar-refractivity contribution in [2.24, 2.45) is 0 Å². The number of halogens is 2. The molecule has 0 amide bonds. The Balaban J connectivity index is 2.49. The number of benzene rings is 1. The van der Waals surface area contributed by atoms with Gasteiger partial charge in [0.05, 0.1) is 33.7 Å². The van der Waals surface area contributed by atoms with E-state index in [-0.39, 0.29) is 6.04 Å². The number of nitrogen functional groups attached to an aromatic ring is 1. The lowest BCUT2D eigenvalue weighted by Gasteiger charge is -2.15. The maximum absolute atomic E-state index is 6.03. The van der Waals surface area contributed by atoms with Crippen LogP contribution in [0.1, 0.15) is 19.9 Å². The molecule has 0 bridgehead atoms. The summed E-state index contributed by atoms with van der Waals surface area (Å²) >= 11 is 12.0. The molecule has 0 aliphatic heterocycles. The third kappa shape index (κ3) is 2.41. The SMILES string of the molecule is CCOCC(C)n1c(N)nc2cc(Cl)c(Cl)cc21. The van der Waals surface area contributed by atoms with E-state index in [2.05, 4.69) is 4.98 Å². The van der Waals surface area contributed by atoms with Gasteiger partial charge in [-0.3, -0.25) is 0 Å². The standard InChI is InChI=1S/C12H15Cl2N3O/c1-3-18-6-7(2)17-11-5-9(14)8(13)4-10(11)16-12(17)15/h4-5,7H,3,6H2,1-2H3,(H2,15,16). The van der Waals surface area contributed by atoms with Crippen LogP contribution in [0.4, 0.5) is 5.95 Å². The molecule has 0 aliphatic carbocycles. The zero-order chi connectivity index (χ0) is 13.3. The number of hydrogen-bond acceptors (Lipinski definition) is 3. The van der Waals surface area contributed by atoms with Crippen LogP contribution in [-0.2, 0) is 4.74 Å². The molecule has 2 N–H and O–H groups in total. The molecule has 2 rings (SSSR count). The van der Waals surface area contributed by atoms with Crippen molar-refractivity contribution in [1.29, 1.82) is 0 Å². The zero-order valence-corrected chi connectivity index (χ0v) is 11.8. The minimum absolute atomic E-state index is 0.0900. The van der Waals surface area contributed by atoms with Crippen molar-refractivity contribution in [1.82, 2.24) is 9.55 Å². The fraction of sp³-hybridized carbons (Fsp3) is 0.417. The van der Waals surface area contributed by atoms with Gasteiger partial charge in [0.2, 0.25) is 5.95 Å². The molecule has 18 heavy (non-hydrogen) atoms. The largest absolute Gasteiger partial charge is 0.380 e. The number of hydrogen-bond donors (Lipinski definition) is 1. The normalized spacial score (nSPS) is 13.1. The second-order valence-electron chi connectivity index (χ2n) is 4.10. The molecular weight excluding hydrogens is 273 g/mol. The summed E-state index contributed by atoms with van der Waals surface area (Å²) in [7, 11) is 0. The van der Waals surface area contributed by atoms with E-state index in [9.17, 15) is 0 Å². The summed E-state index contributed by atoms with van der Waals surface area (Å²) in [6.07, 6.45) is 0. The number of aromatic nitrogens is 2. The van der Waals surface area contributed by atoms with Gasteiger partial charge in [-0.1, -0.05) is 23.2 Å². The van der Waals surface area contributed by atoms with Gasteiger partial charge < -0.3 is 15.0 Å². The third-order valence-electron chi connectivity index (χ3n) is 2.76. The van der Waals surface area contributed by atoms with Crippen LogP contribution in [0.2, 0.25) is 10.0 Å². The number of nitrogens with zero attached hydrogens (tertiary/aromatic N) is 2. The highest BCUT2D eigenvalue weighted by Crippen LogP contribution is 2.30. The molecule has 6 heteroatoms. The molecule has 1 heterocycles. The first kappa shape index (κ1) is 13.5. The Labute approximate surface area is 116 Å². The fourth-order valence-electron chi connectivity index (χ4n) is 1.94. The van der Waals surface area contributed by atoms with Gasteiger partial charge in [-0.15, -0.1) is 0 Å². The molecule has 1 aromatic heterocycles. The highest BCUT2D eigenvalue weighted by Gasteiger charge is 2.15. The molecule has 4 nitrogen and oxygen atoms in total. The number of nitrogens with two attached hydrogens (primary N) is 1. The fourth-order valence-corrected chi connectivity index (χ4v) is 2.25. The lowest BCUT2D eigenvalue weighted by molar-refractivity contribution is 0.120. The van der Waals surface area contributed by atoms with Crippen LogP contribution in [0, 0.1) is 0 Å². The van der Waals surface area contributed by atoms with Gasteiger partial charge in [0.25, 0.3) is 0 Å². The molecule has 1 atom stereocenters. The summed E-state index contributed by atoms with van der Waals surface area (Å²) in [5, 5.41) is 0.972. The van der Waals surface area contributed by atoms with E-state index in [1.54, 1.807) is 12.1 Å². The average molecular weight is 288 g/mol. The Bertz CT molecular complexity index is 568. The van der Waals surface area contributed by atoms with Crippen molar-refractivity contribution < 1.29 is 4.74 Å². The number of anilines is 1. The molecule has 0 spiro atoms. The Morgan fingerprint density at radius 3 is 2.72 bits per heavy atom. The van der Waals surface area contributed by atoms with Crippen molar-refractivity contribution in [3.05, 3.63) is 22.2 Å². The van der Waals surface area contributed by atoms with E-state index in [0.717, 1.165) is 11.0 Å². The van der Waals surface area contributed by atoms with Crippen molar-refractivity contribution >= 4 is 40.2 Å². The molecule has 0 fully saturated rings. The Hall–Kier alpha value is -0.970. The van der Waals surface area contributed by atoms with Gasteiger partial charge in [-0.05, 0) is 26.0 Å². The maximum atomic E-state index is 6.03. The highest BCUT2D eigenvalue weighted by atomic mass is 35.5. The lowest BCUT2D eigenvalue weighted by atomic mass is 10.3. The van der Waals surface area contributed by atoms with Gasteiger partial charge in [-0.2, -0.15) is 0 Å². The first-order chi connectivity index (χ1) is 8.54. The van der Waals surface area contributed by atoms with Crippen LogP contribution < -0.4 is 5.73 Å². The van der Waals surface area contributed by atoms with E-state index in [4.69, 9.17) is 33.7 Å². The van der Waals surface area contributed by atoms with E-state index in [1.165, 1.54) is 0 Å². The summed E-state index contributed by atoms with van der Waals surface area (Å²) in [4.78, 5) is 4.29.